The van der Waals surface area contributed by atoms with Crippen molar-refractivity contribution in [2.75, 3.05) is 26.3 Å². The van der Waals surface area contributed by atoms with Crippen LogP contribution in [0.2, 0.25) is 0 Å². The Morgan fingerprint density at radius 3 is 2.36 bits per heavy atom. The Labute approximate surface area is 236 Å². The number of benzene rings is 2. The van der Waals surface area contributed by atoms with E-state index in [2.05, 4.69) is 26.6 Å². The van der Waals surface area contributed by atoms with Crippen LogP contribution in [0.1, 0.15) is 21.7 Å². The number of halogens is 2. The molecule has 0 saturated carbocycles. The highest BCUT2D eigenvalue weighted by molar-refractivity contribution is 9.10. The number of carbonyl (C=O) groups is 3. The van der Waals surface area contributed by atoms with E-state index in [9.17, 15) is 18.8 Å². The third-order valence-electron chi connectivity index (χ3n) is 6.35. The van der Waals surface area contributed by atoms with E-state index in [-0.39, 0.29) is 31.2 Å². The Morgan fingerprint density at radius 1 is 1.05 bits per heavy atom. The van der Waals surface area contributed by atoms with Crippen LogP contribution < -0.4 is 15.4 Å². The lowest BCUT2D eigenvalue weighted by Crippen LogP contribution is -2.49. The van der Waals surface area contributed by atoms with Crippen molar-refractivity contribution < 1.29 is 33.0 Å². The van der Waals surface area contributed by atoms with Crippen LogP contribution in [0.4, 0.5) is 4.39 Å². The summed E-state index contributed by atoms with van der Waals surface area (Å²) in [6.07, 6.45) is 0.210. The molecule has 9 nitrogen and oxygen atoms in total. The van der Waals surface area contributed by atoms with Crippen LogP contribution in [0, 0.1) is 5.82 Å². The molecule has 1 atom stereocenters. The number of rotatable bonds is 8. The summed E-state index contributed by atoms with van der Waals surface area (Å²) >= 11 is 4.91. The van der Waals surface area contributed by atoms with Crippen LogP contribution in [0.25, 0.3) is 0 Å². The van der Waals surface area contributed by atoms with Gasteiger partial charge in [-0.3, -0.25) is 14.4 Å². The van der Waals surface area contributed by atoms with E-state index < -0.39 is 23.6 Å². The molecular weight excluding hydrogens is 593 g/mol. The molecule has 1 spiro atoms. The van der Waals surface area contributed by atoms with Crippen LogP contribution in [0.3, 0.4) is 0 Å². The number of nitrogens with one attached hydrogen (secondary N) is 2. The fourth-order valence-electron chi connectivity index (χ4n) is 4.45. The lowest BCUT2D eigenvalue weighted by molar-refractivity contribution is -0.152. The number of thiophene rings is 1. The highest BCUT2D eigenvalue weighted by atomic mass is 79.9. The second-order valence-corrected chi connectivity index (χ2v) is 11.0. The average Bonchev–Trinajstić information content (AvgIpc) is 3.68. The Kier molecular flexibility index (Phi) is 8.26. The first-order valence-corrected chi connectivity index (χ1v) is 13.9. The summed E-state index contributed by atoms with van der Waals surface area (Å²) < 4.78 is 31.2. The molecular formula is C27H25BrFN3O6S. The minimum atomic E-state index is -1.02. The second kappa shape index (κ2) is 11.8. The van der Waals surface area contributed by atoms with Crippen LogP contribution in [-0.4, -0.2) is 60.8 Å². The molecule has 204 valence electrons. The number of hydrogen-bond acceptors (Lipinski definition) is 7. The zero-order valence-electron chi connectivity index (χ0n) is 20.7. The summed E-state index contributed by atoms with van der Waals surface area (Å²) in [7, 11) is 0. The van der Waals surface area contributed by atoms with E-state index in [0.29, 0.717) is 36.8 Å². The number of likely N-dealkylation sites (tertiary alicyclic amines) is 1. The molecule has 2 N–H and O–H groups in total. The summed E-state index contributed by atoms with van der Waals surface area (Å²) in [6.45, 7) is 0.901. The van der Waals surface area contributed by atoms with E-state index in [1.54, 1.807) is 24.3 Å². The number of ether oxygens (including phenoxy) is 3. The zero-order valence-corrected chi connectivity index (χ0v) is 23.1. The van der Waals surface area contributed by atoms with Crippen molar-refractivity contribution in [1.82, 2.24) is 15.5 Å². The molecule has 39 heavy (non-hydrogen) atoms. The van der Waals surface area contributed by atoms with Gasteiger partial charge in [0, 0.05) is 26.7 Å². The topological polar surface area (TPSA) is 106 Å². The summed E-state index contributed by atoms with van der Waals surface area (Å²) in [6, 6.07) is 13.0. The van der Waals surface area contributed by atoms with E-state index >= 15 is 0 Å². The van der Waals surface area contributed by atoms with Gasteiger partial charge in [0.25, 0.3) is 5.91 Å². The molecule has 0 bridgehead atoms. The van der Waals surface area contributed by atoms with Gasteiger partial charge in [-0.25, -0.2) is 4.39 Å². The fraction of sp³-hybridized carbons (Fsp3) is 0.296. The molecule has 1 unspecified atom stereocenters. The van der Waals surface area contributed by atoms with Crippen molar-refractivity contribution in [2.24, 2.45) is 0 Å². The normalized spacial score (nSPS) is 17.8. The molecule has 1 aromatic heterocycles. The lowest BCUT2D eigenvalue weighted by atomic mass is 10.1. The van der Waals surface area contributed by atoms with E-state index in [4.69, 9.17) is 14.2 Å². The summed E-state index contributed by atoms with van der Waals surface area (Å²) in [5.41, 5.74) is 0.325. The van der Waals surface area contributed by atoms with Crippen molar-refractivity contribution in [3.05, 3.63) is 80.7 Å². The minimum Gasteiger partial charge on any atom is -0.457 e. The number of nitrogens with zero attached hydrogens (tertiary/aromatic N) is 1. The van der Waals surface area contributed by atoms with Gasteiger partial charge in [0.1, 0.15) is 23.4 Å². The number of carbonyl (C=O) groups excluding carboxylic acids is 3. The maximum atomic E-state index is 13.2. The van der Waals surface area contributed by atoms with Crippen LogP contribution >= 0.6 is 27.3 Å². The monoisotopic (exact) mass is 617 g/mol. The predicted octanol–water partition coefficient (Wildman–Crippen LogP) is 3.83. The maximum Gasteiger partial charge on any atom is 0.251 e. The van der Waals surface area contributed by atoms with Crippen molar-refractivity contribution in [2.45, 2.75) is 24.8 Å². The molecule has 2 aliphatic rings. The fourth-order valence-corrected chi connectivity index (χ4v) is 5.84. The Morgan fingerprint density at radius 2 is 1.72 bits per heavy atom. The third kappa shape index (κ3) is 6.64. The first-order chi connectivity index (χ1) is 18.8. The van der Waals surface area contributed by atoms with Crippen molar-refractivity contribution in [1.29, 1.82) is 0 Å². The summed E-state index contributed by atoms with van der Waals surface area (Å²) in [5, 5.41) is 7.44. The molecule has 2 aromatic carbocycles. The van der Waals surface area contributed by atoms with Gasteiger partial charge in [0.05, 0.1) is 32.8 Å². The van der Waals surface area contributed by atoms with Crippen molar-refractivity contribution in [3.8, 4) is 11.5 Å². The average molecular weight is 618 g/mol. The van der Waals surface area contributed by atoms with Gasteiger partial charge >= 0.3 is 0 Å². The second-order valence-electron chi connectivity index (χ2n) is 9.06. The number of amides is 3. The molecule has 3 heterocycles. The van der Waals surface area contributed by atoms with Gasteiger partial charge in [-0.2, -0.15) is 0 Å². The van der Waals surface area contributed by atoms with E-state index in [0.717, 1.165) is 9.35 Å². The minimum absolute atomic E-state index is 0.0970. The quantitative estimate of drug-likeness (QED) is 0.398. The molecule has 12 heteroatoms. The lowest BCUT2D eigenvalue weighted by Gasteiger charge is -2.24. The summed E-state index contributed by atoms with van der Waals surface area (Å²) in [5.74, 6) is -1.65. The van der Waals surface area contributed by atoms with Crippen LogP contribution in [0.5, 0.6) is 11.5 Å². The van der Waals surface area contributed by atoms with Crippen molar-refractivity contribution >= 4 is 45.0 Å². The van der Waals surface area contributed by atoms with Crippen molar-refractivity contribution in [3.63, 3.8) is 0 Å². The van der Waals surface area contributed by atoms with Gasteiger partial charge in [0.2, 0.25) is 11.8 Å². The van der Waals surface area contributed by atoms with Gasteiger partial charge in [-0.05, 0) is 70.5 Å². The van der Waals surface area contributed by atoms with Crippen LogP contribution in [0.15, 0.2) is 64.5 Å². The molecule has 2 aliphatic heterocycles. The highest BCUT2D eigenvalue weighted by Crippen LogP contribution is 2.35. The van der Waals surface area contributed by atoms with Crippen LogP contribution in [-0.2, 0) is 25.6 Å². The smallest absolute Gasteiger partial charge is 0.251 e. The van der Waals surface area contributed by atoms with E-state index in [1.807, 2.05) is 11.4 Å². The zero-order chi connectivity index (χ0) is 27.4. The molecule has 2 saturated heterocycles. The van der Waals surface area contributed by atoms with Gasteiger partial charge in [-0.1, -0.05) is 0 Å². The Balaban J connectivity index is 1.18. The van der Waals surface area contributed by atoms with Gasteiger partial charge in [-0.15, -0.1) is 11.3 Å². The standard InChI is InChI=1S/C27H25BrFN3O6S/c28-18-11-22(39-15-18)13-30-26(35)23-12-27(36-9-10-37-27)16-32(23)24(33)14-31-25(34)17-1-5-20(6-2-17)38-21-7-3-19(29)4-8-21/h1-8,11,15,23H,9-10,12-14,16H2,(H,30,35)(H,31,34). The first-order valence-electron chi connectivity index (χ1n) is 12.2. The molecule has 3 aromatic rings. The highest BCUT2D eigenvalue weighted by Gasteiger charge is 2.52. The first kappa shape index (κ1) is 27.3. The predicted molar refractivity (Wildman–Crippen MR) is 144 cm³/mol. The van der Waals surface area contributed by atoms with Gasteiger partial charge < -0.3 is 29.7 Å². The molecule has 3 amide bonds. The SMILES string of the molecule is O=C(NCC(=O)N1CC2(CC1C(=O)NCc1cc(Br)cs1)OCCO2)c1ccc(Oc2ccc(F)cc2)cc1. The molecule has 2 fully saturated rings. The van der Waals surface area contributed by atoms with E-state index in [1.165, 1.54) is 40.5 Å². The molecule has 5 rings (SSSR count). The Hall–Kier alpha value is -3.32. The third-order valence-corrected chi connectivity index (χ3v) is 8.05. The largest absolute Gasteiger partial charge is 0.457 e. The van der Waals surface area contributed by atoms with Gasteiger partial charge in [0.15, 0.2) is 5.79 Å². The molecule has 0 aliphatic carbocycles. The maximum absolute atomic E-state index is 13.2. The Bertz CT molecular complexity index is 1340. The number of hydrogen-bond donors (Lipinski definition) is 2. The summed E-state index contributed by atoms with van der Waals surface area (Å²) in [4.78, 5) is 41.3. The molecule has 0 radical (unpaired) electrons.